The molecule has 0 unspecified atom stereocenters. The zero-order chi connectivity index (χ0) is 28.9. The van der Waals surface area contributed by atoms with E-state index in [2.05, 4.69) is 29.9 Å². The Balaban J connectivity index is 1.82. The van der Waals surface area contributed by atoms with Crippen LogP contribution < -0.4 is 18.9 Å². The number of halogens is 1. The lowest BCUT2D eigenvalue weighted by atomic mass is 10.1. The Morgan fingerprint density at radius 3 is 2.30 bits per heavy atom. The van der Waals surface area contributed by atoms with Crippen LogP contribution in [-0.4, -0.2) is 75.9 Å². The molecule has 0 aliphatic heterocycles. The average Bonchev–Trinajstić information content (AvgIpc) is 3.37. The Hall–Kier alpha value is -4.37. The van der Waals surface area contributed by atoms with Crippen molar-refractivity contribution >= 4 is 16.0 Å². The first-order valence-electron chi connectivity index (χ1n) is 12.1. The number of nitrogens with one attached hydrogen (secondary N) is 1. The Morgan fingerprint density at radius 1 is 1.02 bits per heavy atom. The lowest BCUT2D eigenvalue weighted by molar-refractivity contribution is 0.197. The summed E-state index contributed by atoms with van der Waals surface area (Å²) in [6, 6.07) is 9.97. The van der Waals surface area contributed by atoms with Gasteiger partial charge < -0.3 is 19.3 Å². The van der Waals surface area contributed by atoms with E-state index in [9.17, 15) is 12.8 Å². The number of rotatable bonds is 12. The lowest BCUT2D eigenvalue weighted by Crippen LogP contribution is -2.31. The number of aliphatic hydroxyl groups excluding tert-OH is 1. The number of anilines is 1. The molecule has 4 aromatic rings. The molecule has 0 aliphatic rings. The third-order valence-electron chi connectivity index (χ3n) is 6.06. The van der Waals surface area contributed by atoms with Crippen LogP contribution in [0.1, 0.15) is 25.6 Å². The van der Waals surface area contributed by atoms with Crippen LogP contribution in [0.2, 0.25) is 0 Å². The molecule has 212 valence electrons. The van der Waals surface area contributed by atoms with Crippen molar-refractivity contribution in [3.05, 3.63) is 60.4 Å². The van der Waals surface area contributed by atoms with E-state index in [1.807, 2.05) is 0 Å². The first-order chi connectivity index (χ1) is 19.2. The standard InChI is InChI=1S/C25H28FN7O6S/c1-15(23-27-13-17(26)14-28-23)16(2)40(35,36)32-25-31-30-24(18-7-5-10-21(29-18)39-12-11-34)33(25)22-19(37-3)8-6-9-20(22)38-4/h5-10,13-16,34H,11-12H2,1-4H3,(H,31,32)/t15-,16-/m0/s1. The number of aliphatic hydroxyl groups is 1. The summed E-state index contributed by atoms with van der Waals surface area (Å²) in [7, 11) is -1.21. The van der Waals surface area contributed by atoms with Crippen molar-refractivity contribution in [3.63, 3.8) is 0 Å². The molecule has 1 aromatic carbocycles. The molecule has 0 saturated carbocycles. The normalized spacial score (nSPS) is 12.9. The third kappa shape index (κ3) is 5.94. The average molecular weight is 574 g/mol. The van der Waals surface area contributed by atoms with Gasteiger partial charge in [-0.05, 0) is 25.1 Å². The molecule has 3 aromatic heterocycles. The molecule has 0 aliphatic carbocycles. The summed E-state index contributed by atoms with van der Waals surface area (Å²) in [6.45, 7) is 2.93. The molecule has 0 radical (unpaired) electrons. The molecule has 13 nitrogen and oxygen atoms in total. The summed E-state index contributed by atoms with van der Waals surface area (Å²) in [5, 5.41) is 16.4. The highest BCUT2D eigenvalue weighted by atomic mass is 32.2. The smallest absolute Gasteiger partial charge is 0.243 e. The molecule has 0 bridgehead atoms. The number of hydrogen-bond acceptors (Lipinski definition) is 11. The van der Waals surface area contributed by atoms with Gasteiger partial charge >= 0.3 is 0 Å². The fourth-order valence-corrected chi connectivity index (χ4v) is 5.04. The van der Waals surface area contributed by atoms with Gasteiger partial charge in [0, 0.05) is 12.0 Å². The van der Waals surface area contributed by atoms with Gasteiger partial charge in [0.05, 0.1) is 38.5 Å². The Labute approximate surface area is 230 Å². The molecule has 4 rings (SSSR count). The fraction of sp³-hybridized carbons (Fsp3) is 0.320. The number of sulfonamides is 1. The second-order valence-electron chi connectivity index (χ2n) is 8.53. The van der Waals surface area contributed by atoms with Crippen LogP contribution in [0.25, 0.3) is 17.2 Å². The summed E-state index contributed by atoms with van der Waals surface area (Å²) >= 11 is 0. The molecule has 0 saturated heterocycles. The van der Waals surface area contributed by atoms with Crippen LogP contribution in [-0.2, 0) is 10.0 Å². The summed E-state index contributed by atoms with van der Waals surface area (Å²) in [6.07, 6.45) is 1.96. The van der Waals surface area contributed by atoms with Crippen molar-refractivity contribution in [2.45, 2.75) is 25.0 Å². The Bertz CT molecular complexity index is 1540. The molecule has 15 heteroatoms. The van der Waals surface area contributed by atoms with Gasteiger partial charge in [-0.1, -0.05) is 19.1 Å². The number of hydrogen-bond donors (Lipinski definition) is 2. The van der Waals surface area contributed by atoms with Crippen molar-refractivity contribution in [1.29, 1.82) is 0 Å². The summed E-state index contributed by atoms with van der Waals surface area (Å²) in [5.74, 6) is -0.275. The van der Waals surface area contributed by atoms with E-state index < -0.39 is 27.0 Å². The van der Waals surface area contributed by atoms with E-state index in [0.717, 1.165) is 12.4 Å². The predicted molar refractivity (Wildman–Crippen MR) is 143 cm³/mol. The Morgan fingerprint density at radius 2 is 1.68 bits per heavy atom. The van der Waals surface area contributed by atoms with E-state index in [1.54, 1.807) is 43.3 Å². The monoisotopic (exact) mass is 573 g/mol. The predicted octanol–water partition coefficient (Wildman–Crippen LogP) is 2.58. The van der Waals surface area contributed by atoms with Gasteiger partial charge in [-0.3, -0.25) is 9.29 Å². The summed E-state index contributed by atoms with van der Waals surface area (Å²) < 4.78 is 60.9. The Kier molecular flexibility index (Phi) is 8.74. The van der Waals surface area contributed by atoms with Gasteiger partial charge in [-0.25, -0.2) is 27.8 Å². The SMILES string of the molecule is COc1cccc(OC)c1-n1c(NS(=O)(=O)[C@@H](C)[C@H](C)c2ncc(F)cn2)nnc1-c1cccc(OCCO)n1. The zero-order valence-corrected chi connectivity index (χ0v) is 23.0. The number of aromatic nitrogens is 6. The van der Waals surface area contributed by atoms with Crippen molar-refractivity contribution in [2.75, 3.05) is 32.2 Å². The number of nitrogens with zero attached hydrogens (tertiary/aromatic N) is 6. The quantitative estimate of drug-likeness (QED) is 0.256. The van der Waals surface area contributed by atoms with E-state index in [4.69, 9.17) is 19.3 Å². The maximum Gasteiger partial charge on any atom is 0.243 e. The molecule has 40 heavy (non-hydrogen) atoms. The van der Waals surface area contributed by atoms with Crippen LogP contribution in [0.15, 0.2) is 48.8 Å². The minimum Gasteiger partial charge on any atom is -0.494 e. The number of para-hydroxylation sites is 1. The molecule has 2 atom stereocenters. The van der Waals surface area contributed by atoms with Crippen LogP contribution in [0.5, 0.6) is 17.4 Å². The van der Waals surface area contributed by atoms with Gasteiger partial charge in [-0.2, -0.15) is 0 Å². The van der Waals surface area contributed by atoms with Gasteiger partial charge in [0.2, 0.25) is 21.9 Å². The molecular formula is C25H28FN7O6S. The van der Waals surface area contributed by atoms with Crippen molar-refractivity contribution in [2.24, 2.45) is 0 Å². The van der Waals surface area contributed by atoms with Gasteiger partial charge in [-0.15, -0.1) is 10.2 Å². The van der Waals surface area contributed by atoms with E-state index in [1.165, 1.54) is 25.7 Å². The summed E-state index contributed by atoms with van der Waals surface area (Å²) in [5.41, 5.74) is 0.610. The molecule has 0 amide bonds. The first kappa shape index (κ1) is 28.6. The lowest BCUT2D eigenvalue weighted by Gasteiger charge is -2.21. The number of ether oxygens (including phenoxy) is 3. The highest BCUT2D eigenvalue weighted by molar-refractivity contribution is 7.93. The number of benzene rings is 1. The minimum atomic E-state index is -4.13. The second kappa shape index (κ2) is 12.2. The van der Waals surface area contributed by atoms with Crippen molar-refractivity contribution in [1.82, 2.24) is 29.7 Å². The number of pyridine rings is 1. The largest absolute Gasteiger partial charge is 0.494 e. The van der Waals surface area contributed by atoms with Crippen LogP contribution in [0.3, 0.4) is 0 Å². The molecule has 0 spiro atoms. The highest BCUT2D eigenvalue weighted by Crippen LogP contribution is 2.38. The van der Waals surface area contributed by atoms with E-state index >= 15 is 0 Å². The topological polar surface area (TPSA) is 163 Å². The maximum atomic E-state index is 13.5. The summed E-state index contributed by atoms with van der Waals surface area (Å²) in [4.78, 5) is 12.3. The number of methoxy groups -OCH3 is 2. The molecular weight excluding hydrogens is 545 g/mol. The van der Waals surface area contributed by atoms with E-state index in [-0.39, 0.29) is 36.7 Å². The van der Waals surface area contributed by atoms with Crippen molar-refractivity contribution < 1.29 is 32.1 Å². The van der Waals surface area contributed by atoms with Crippen LogP contribution in [0, 0.1) is 5.82 Å². The first-order valence-corrected chi connectivity index (χ1v) is 13.6. The zero-order valence-electron chi connectivity index (χ0n) is 22.1. The maximum absolute atomic E-state index is 13.5. The van der Waals surface area contributed by atoms with Gasteiger partial charge in [0.1, 0.15) is 35.3 Å². The van der Waals surface area contributed by atoms with Gasteiger partial charge in [0.25, 0.3) is 0 Å². The van der Waals surface area contributed by atoms with Crippen LogP contribution in [0.4, 0.5) is 10.3 Å². The minimum absolute atomic E-state index is 0.0301. The second-order valence-corrected chi connectivity index (χ2v) is 10.6. The molecule has 2 N–H and O–H groups in total. The van der Waals surface area contributed by atoms with Crippen LogP contribution >= 0.6 is 0 Å². The molecule has 3 heterocycles. The molecule has 0 fully saturated rings. The third-order valence-corrected chi connectivity index (χ3v) is 7.91. The van der Waals surface area contributed by atoms with Gasteiger partial charge in [0.15, 0.2) is 11.6 Å². The van der Waals surface area contributed by atoms with Crippen molar-refractivity contribution in [3.8, 4) is 34.6 Å². The highest BCUT2D eigenvalue weighted by Gasteiger charge is 2.32. The fourth-order valence-electron chi connectivity index (χ4n) is 3.81. The van der Waals surface area contributed by atoms with E-state index in [0.29, 0.717) is 22.9 Å².